The van der Waals surface area contributed by atoms with Gasteiger partial charge in [0.1, 0.15) is 5.69 Å². The summed E-state index contributed by atoms with van der Waals surface area (Å²) in [6.07, 6.45) is -1.88. The van der Waals surface area contributed by atoms with Gasteiger partial charge in [-0.25, -0.2) is 9.97 Å². The monoisotopic (exact) mass is 439 g/mol. The summed E-state index contributed by atoms with van der Waals surface area (Å²) in [5.41, 5.74) is 1.38. The molecule has 0 aliphatic carbocycles. The van der Waals surface area contributed by atoms with Crippen molar-refractivity contribution in [2.45, 2.75) is 32.6 Å². The molecule has 0 radical (unpaired) electrons. The van der Waals surface area contributed by atoms with Gasteiger partial charge in [-0.2, -0.15) is 13.2 Å². The Balaban J connectivity index is 1.80. The molecule has 0 saturated heterocycles. The number of aryl methyl sites for hydroxylation is 1. The van der Waals surface area contributed by atoms with Crippen LogP contribution in [0.25, 0.3) is 0 Å². The molecule has 1 aliphatic rings. The van der Waals surface area contributed by atoms with Crippen molar-refractivity contribution in [3.63, 3.8) is 0 Å². The number of hydrogen-bond donors (Lipinski definition) is 2. The van der Waals surface area contributed by atoms with Crippen LogP contribution in [0.5, 0.6) is 5.88 Å². The zero-order valence-electron chi connectivity index (χ0n) is 16.7. The first-order valence-electron chi connectivity index (χ1n) is 9.33. The van der Waals surface area contributed by atoms with Gasteiger partial charge in [0.15, 0.2) is 6.61 Å². The largest absolute Gasteiger partial charge is 0.467 e. The van der Waals surface area contributed by atoms with Crippen molar-refractivity contribution < 1.29 is 32.6 Å². The first kappa shape index (κ1) is 22.4. The van der Waals surface area contributed by atoms with Gasteiger partial charge in [0.05, 0.1) is 30.2 Å². The van der Waals surface area contributed by atoms with Gasteiger partial charge in [-0.05, 0) is 19.9 Å². The number of hydrogen-bond acceptors (Lipinski definition) is 7. The molecule has 2 aromatic rings. The lowest BCUT2D eigenvalue weighted by Gasteiger charge is -2.24. The van der Waals surface area contributed by atoms with Gasteiger partial charge in [0.25, 0.3) is 11.8 Å². The summed E-state index contributed by atoms with van der Waals surface area (Å²) >= 11 is 0. The topological polar surface area (TPSA) is 118 Å². The number of carbonyl (C=O) groups is 2. The first-order valence-corrected chi connectivity index (χ1v) is 9.33. The molecule has 0 saturated carbocycles. The lowest BCUT2D eigenvalue weighted by atomic mass is 10.1. The number of aliphatic hydroxyl groups excluding tert-OH is 1. The zero-order chi connectivity index (χ0) is 22.8. The van der Waals surface area contributed by atoms with Gasteiger partial charge < -0.3 is 20.1 Å². The molecule has 2 aromatic heterocycles. The maximum absolute atomic E-state index is 12.9. The number of nitrogens with zero attached hydrogens (tertiary/aromatic N) is 4. The normalized spacial score (nSPS) is 14.4. The van der Waals surface area contributed by atoms with Crippen molar-refractivity contribution in [1.29, 1.82) is 0 Å². The molecular formula is C19H20F3N5O4. The fourth-order valence-corrected chi connectivity index (χ4v) is 3.15. The number of nitrogens with one attached hydrogen (secondary N) is 1. The van der Waals surface area contributed by atoms with Crippen LogP contribution < -0.4 is 10.1 Å². The van der Waals surface area contributed by atoms with E-state index in [2.05, 4.69) is 25.0 Å². The number of halogens is 3. The van der Waals surface area contributed by atoms with Crippen LogP contribution in [0.4, 0.5) is 13.2 Å². The third kappa shape index (κ3) is 4.90. The van der Waals surface area contributed by atoms with E-state index in [1.54, 1.807) is 6.92 Å². The number of aliphatic hydroxyl groups is 1. The molecule has 1 unspecified atom stereocenters. The van der Waals surface area contributed by atoms with Gasteiger partial charge in [0.2, 0.25) is 5.88 Å². The predicted octanol–water partition coefficient (Wildman–Crippen LogP) is 1.56. The molecule has 0 bridgehead atoms. The summed E-state index contributed by atoms with van der Waals surface area (Å²) in [5.74, 6) is -1.08. The highest BCUT2D eigenvalue weighted by Gasteiger charge is 2.35. The maximum atomic E-state index is 12.9. The first-order chi connectivity index (χ1) is 14.6. The standard InChI is InChI=1S/C19H20F3N5O4/c1-10-17(31-9-19(20,21)22)25-7-14(26-10)11(2)27-8-13-12(18(27)30)3-4-23-15(13)16(29)24-5-6-28/h3-4,7,11,28H,5-6,8-9H2,1-2H3,(H,24,29). The van der Waals surface area contributed by atoms with Crippen molar-refractivity contribution in [2.75, 3.05) is 19.8 Å². The number of fused-ring (bicyclic) bond motifs is 1. The van der Waals surface area contributed by atoms with E-state index >= 15 is 0 Å². The Labute approximate surface area is 175 Å². The summed E-state index contributed by atoms with van der Waals surface area (Å²) < 4.78 is 41.7. The molecule has 2 N–H and O–H groups in total. The summed E-state index contributed by atoms with van der Waals surface area (Å²) in [7, 11) is 0. The quantitative estimate of drug-likeness (QED) is 0.672. The summed E-state index contributed by atoms with van der Waals surface area (Å²) in [6, 6.07) is 0.939. The van der Waals surface area contributed by atoms with Crippen LogP contribution in [-0.4, -0.2) is 62.7 Å². The van der Waals surface area contributed by atoms with Crippen LogP contribution >= 0.6 is 0 Å². The Bertz CT molecular complexity index is 999. The Morgan fingerprint density at radius 2 is 2.13 bits per heavy atom. The predicted molar refractivity (Wildman–Crippen MR) is 100 cm³/mol. The maximum Gasteiger partial charge on any atom is 0.422 e. The minimum absolute atomic E-state index is 0.0515. The van der Waals surface area contributed by atoms with E-state index in [0.29, 0.717) is 16.8 Å². The third-order valence-corrected chi connectivity index (χ3v) is 4.68. The molecule has 0 spiro atoms. The second-order valence-electron chi connectivity index (χ2n) is 6.86. The fourth-order valence-electron chi connectivity index (χ4n) is 3.15. The SMILES string of the molecule is Cc1nc(C(C)N2Cc3c(ccnc3C(=O)NCCO)C2=O)cnc1OCC(F)(F)F. The zero-order valence-corrected chi connectivity index (χ0v) is 16.7. The summed E-state index contributed by atoms with van der Waals surface area (Å²) in [5, 5.41) is 11.4. The van der Waals surface area contributed by atoms with E-state index in [1.807, 2.05) is 0 Å². The van der Waals surface area contributed by atoms with Gasteiger partial charge in [0, 0.05) is 30.4 Å². The fraction of sp³-hybridized carbons (Fsp3) is 0.421. The minimum atomic E-state index is -4.50. The number of ether oxygens (including phenoxy) is 1. The molecular weight excluding hydrogens is 419 g/mol. The average molecular weight is 439 g/mol. The second kappa shape index (κ2) is 8.84. The van der Waals surface area contributed by atoms with Crippen LogP contribution in [-0.2, 0) is 6.54 Å². The smallest absolute Gasteiger partial charge is 0.422 e. The third-order valence-electron chi connectivity index (χ3n) is 4.68. The lowest BCUT2D eigenvalue weighted by molar-refractivity contribution is -0.154. The molecule has 1 atom stereocenters. The number of carbonyl (C=O) groups excluding carboxylic acids is 2. The molecule has 9 nitrogen and oxygen atoms in total. The summed E-state index contributed by atoms with van der Waals surface area (Å²) in [6.45, 7) is 1.59. The van der Waals surface area contributed by atoms with E-state index in [0.717, 1.165) is 0 Å². The van der Waals surface area contributed by atoms with E-state index in [4.69, 9.17) is 5.11 Å². The van der Waals surface area contributed by atoms with E-state index in [-0.39, 0.29) is 42.9 Å². The van der Waals surface area contributed by atoms with Crippen molar-refractivity contribution in [1.82, 2.24) is 25.2 Å². The lowest BCUT2D eigenvalue weighted by Crippen LogP contribution is -2.29. The molecule has 1 aliphatic heterocycles. The Kier molecular flexibility index (Phi) is 6.39. The number of aromatic nitrogens is 3. The van der Waals surface area contributed by atoms with E-state index in [1.165, 1.54) is 30.3 Å². The molecule has 0 fully saturated rings. The molecule has 12 heteroatoms. The number of rotatable bonds is 7. The van der Waals surface area contributed by atoms with Crippen LogP contribution in [0.15, 0.2) is 18.5 Å². The molecule has 0 aromatic carbocycles. The number of amides is 2. The second-order valence-corrected chi connectivity index (χ2v) is 6.86. The van der Waals surface area contributed by atoms with Crippen molar-refractivity contribution in [3.05, 3.63) is 46.7 Å². The molecule has 3 rings (SSSR count). The average Bonchev–Trinajstić information content (AvgIpc) is 3.06. The van der Waals surface area contributed by atoms with Gasteiger partial charge in [-0.1, -0.05) is 0 Å². The highest BCUT2D eigenvalue weighted by molar-refractivity contribution is 6.03. The van der Waals surface area contributed by atoms with E-state index in [9.17, 15) is 22.8 Å². The van der Waals surface area contributed by atoms with Crippen LogP contribution in [0, 0.1) is 6.92 Å². The van der Waals surface area contributed by atoms with E-state index < -0.39 is 24.7 Å². The molecule has 2 amide bonds. The van der Waals surface area contributed by atoms with Crippen molar-refractivity contribution in [2.24, 2.45) is 0 Å². The highest BCUT2D eigenvalue weighted by Crippen LogP contribution is 2.32. The van der Waals surface area contributed by atoms with Crippen molar-refractivity contribution in [3.8, 4) is 5.88 Å². The highest BCUT2D eigenvalue weighted by atomic mass is 19.4. The molecule has 166 valence electrons. The van der Waals surface area contributed by atoms with Crippen LogP contribution in [0.2, 0.25) is 0 Å². The van der Waals surface area contributed by atoms with Gasteiger partial charge in [-0.3, -0.25) is 14.6 Å². The van der Waals surface area contributed by atoms with Gasteiger partial charge in [-0.15, -0.1) is 0 Å². The Morgan fingerprint density at radius 3 is 2.77 bits per heavy atom. The van der Waals surface area contributed by atoms with Gasteiger partial charge >= 0.3 is 6.18 Å². The summed E-state index contributed by atoms with van der Waals surface area (Å²) in [4.78, 5) is 38.9. The Morgan fingerprint density at radius 1 is 1.39 bits per heavy atom. The molecule has 3 heterocycles. The van der Waals surface area contributed by atoms with Crippen LogP contribution in [0.1, 0.15) is 50.8 Å². The van der Waals surface area contributed by atoms with Crippen LogP contribution in [0.3, 0.4) is 0 Å². The Hall–Kier alpha value is -3.28. The number of alkyl halides is 3. The molecule has 31 heavy (non-hydrogen) atoms. The van der Waals surface area contributed by atoms with Crippen molar-refractivity contribution >= 4 is 11.8 Å². The minimum Gasteiger partial charge on any atom is -0.467 e. The number of pyridine rings is 1.